The maximum absolute atomic E-state index is 4.76. The molecule has 0 spiro atoms. The Morgan fingerprint density at radius 1 is 1.05 bits per heavy atom. The van der Waals surface area contributed by atoms with E-state index in [1.807, 2.05) is 11.3 Å². The number of thiazole rings is 1. The third-order valence-corrected chi connectivity index (χ3v) is 5.43. The summed E-state index contributed by atoms with van der Waals surface area (Å²) in [6, 6.07) is 11.2. The monoisotopic (exact) mass is 302 g/mol. The van der Waals surface area contributed by atoms with E-state index < -0.39 is 0 Å². The van der Waals surface area contributed by atoms with Gasteiger partial charge >= 0.3 is 0 Å². The Bertz CT molecular complexity index is 581. The van der Waals surface area contributed by atoms with Crippen molar-refractivity contribution in [1.82, 2.24) is 10.3 Å². The lowest BCUT2D eigenvalue weighted by molar-refractivity contribution is 0.498. The minimum absolute atomic E-state index is 0.123. The third kappa shape index (κ3) is 3.92. The summed E-state index contributed by atoms with van der Waals surface area (Å²) in [6.45, 7) is 13.2. The molecule has 1 heterocycles. The van der Waals surface area contributed by atoms with Crippen molar-refractivity contribution < 1.29 is 0 Å². The van der Waals surface area contributed by atoms with E-state index >= 15 is 0 Å². The fourth-order valence-electron chi connectivity index (χ4n) is 2.42. The quantitative estimate of drug-likeness (QED) is 0.843. The van der Waals surface area contributed by atoms with Gasteiger partial charge in [-0.05, 0) is 26.3 Å². The van der Waals surface area contributed by atoms with E-state index in [4.69, 9.17) is 4.98 Å². The molecule has 1 aromatic heterocycles. The molecule has 114 valence electrons. The van der Waals surface area contributed by atoms with E-state index in [1.165, 1.54) is 15.4 Å². The van der Waals surface area contributed by atoms with E-state index in [0.29, 0.717) is 12.1 Å². The van der Waals surface area contributed by atoms with Crippen LogP contribution in [0.3, 0.4) is 0 Å². The molecule has 0 aliphatic carbocycles. The minimum Gasteiger partial charge on any atom is -0.303 e. The fraction of sp³-hybridized carbons (Fsp3) is 0.500. The van der Waals surface area contributed by atoms with Crippen molar-refractivity contribution in [1.29, 1.82) is 0 Å². The molecule has 0 saturated heterocycles. The second-order valence-electron chi connectivity index (χ2n) is 6.74. The second-order valence-corrected chi connectivity index (χ2v) is 7.77. The van der Waals surface area contributed by atoms with Gasteiger partial charge in [0.15, 0.2) is 0 Å². The average molecular weight is 302 g/mol. The zero-order valence-corrected chi connectivity index (χ0v) is 14.7. The molecule has 2 unspecified atom stereocenters. The first-order valence-corrected chi connectivity index (χ1v) is 8.39. The van der Waals surface area contributed by atoms with Gasteiger partial charge in [0.1, 0.15) is 0 Å². The smallest absolute Gasteiger partial charge is 0.0985 e. The molecule has 0 amide bonds. The van der Waals surface area contributed by atoms with Gasteiger partial charge in [-0.3, -0.25) is 0 Å². The first-order chi connectivity index (χ1) is 9.79. The predicted octanol–water partition coefficient (Wildman–Crippen LogP) is 5.16. The normalized spacial score (nSPS) is 15.0. The Balaban J connectivity index is 2.14. The van der Waals surface area contributed by atoms with Crippen LogP contribution in [-0.4, -0.2) is 4.98 Å². The van der Waals surface area contributed by atoms with Crippen molar-refractivity contribution in [2.24, 2.45) is 0 Å². The molecular formula is C18H26N2S. The lowest BCUT2D eigenvalue weighted by atomic mass is 9.98. The van der Waals surface area contributed by atoms with Crippen LogP contribution in [-0.2, 0) is 5.41 Å². The Morgan fingerprint density at radius 3 is 2.19 bits per heavy atom. The highest BCUT2D eigenvalue weighted by Crippen LogP contribution is 2.33. The lowest BCUT2D eigenvalue weighted by Gasteiger charge is -2.20. The van der Waals surface area contributed by atoms with Gasteiger partial charge in [-0.15, -0.1) is 11.3 Å². The molecule has 0 saturated carbocycles. The van der Waals surface area contributed by atoms with Gasteiger partial charge in [-0.25, -0.2) is 4.98 Å². The summed E-state index contributed by atoms with van der Waals surface area (Å²) in [5, 5.41) is 4.91. The molecule has 2 atom stereocenters. The summed E-state index contributed by atoms with van der Waals surface area (Å²) in [6.07, 6.45) is 0. The number of nitrogens with one attached hydrogen (secondary N) is 1. The van der Waals surface area contributed by atoms with Crippen LogP contribution in [0.5, 0.6) is 0 Å². The number of rotatable bonds is 4. The molecular weight excluding hydrogens is 276 g/mol. The number of aryl methyl sites for hydroxylation is 1. The SMILES string of the molecule is Cc1nc(C(C)(C)C)sc1C(C)NC(C)c1ccccc1. The van der Waals surface area contributed by atoms with Gasteiger partial charge in [0.2, 0.25) is 0 Å². The summed E-state index contributed by atoms with van der Waals surface area (Å²) in [7, 11) is 0. The molecule has 0 radical (unpaired) electrons. The van der Waals surface area contributed by atoms with Crippen molar-refractivity contribution in [2.45, 2.75) is 59.0 Å². The van der Waals surface area contributed by atoms with Gasteiger partial charge in [-0.2, -0.15) is 0 Å². The lowest BCUT2D eigenvalue weighted by Crippen LogP contribution is -2.22. The Kier molecular flexibility index (Phi) is 4.84. The largest absolute Gasteiger partial charge is 0.303 e. The van der Waals surface area contributed by atoms with Crippen LogP contribution >= 0.6 is 11.3 Å². The van der Waals surface area contributed by atoms with Crippen molar-refractivity contribution in [3.63, 3.8) is 0 Å². The number of aromatic nitrogens is 1. The van der Waals surface area contributed by atoms with Gasteiger partial charge < -0.3 is 5.32 Å². The van der Waals surface area contributed by atoms with E-state index in [0.717, 1.165) is 5.69 Å². The summed E-state index contributed by atoms with van der Waals surface area (Å²) in [5.41, 5.74) is 2.60. The topological polar surface area (TPSA) is 24.9 Å². The molecule has 0 fully saturated rings. The van der Waals surface area contributed by atoms with Crippen LogP contribution in [0.15, 0.2) is 30.3 Å². The van der Waals surface area contributed by atoms with Gasteiger partial charge in [0.05, 0.1) is 10.7 Å². The predicted molar refractivity (Wildman–Crippen MR) is 92.0 cm³/mol. The highest BCUT2D eigenvalue weighted by Gasteiger charge is 2.23. The van der Waals surface area contributed by atoms with Crippen molar-refractivity contribution in [3.8, 4) is 0 Å². The summed E-state index contributed by atoms with van der Waals surface area (Å²) in [4.78, 5) is 6.11. The van der Waals surface area contributed by atoms with Crippen LogP contribution in [0.4, 0.5) is 0 Å². The minimum atomic E-state index is 0.123. The summed E-state index contributed by atoms with van der Waals surface area (Å²) < 4.78 is 0. The fourth-order valence-corrected chi connectivity index (χ4v) is 3.55. The Hall–Kier alpha value is -1.19. The maximum atomic E-state index is 4.76. The summed E-state index contributed by atoms with van der Waals surface area (Å²) in [5.74, 6) is 0. The Labute approximate surface area is 132 Å². The summed E-state index contributed by atoms with van der Waals surface area (Å²) >= 11 is 1.84. The number of nitrogens with zero attached hydrogens (tertiary/aromatic N) is 1. The van der Waals surface area contributed by atoms with Gasteiger partial charge in [0, 0.05) is 22.4 Å². The van der Waals surface area contributed by atoms with E-state index in [9.17, 15) is 0 Å². The third-order valence-electron chi connectivity index (χ3n) is 3.67. The number of benzene rings is 1. The first-order valence-electron chi connectivity index (χ1n) is 7.58. The average Bonchev–Trinajstić information content (AvgIpc) is 2.82. The van der Waals surface area contributed by atoms with Crippen molar-refractivity contribution in [3.05, 3.63) is 51.5 Å². The maximum Gasteiger partial charge on any atom is 0.0985 e. The molecule has 2 aromatic rings. The molecule has 0 bridgehead atoms. The van der Waals surface area contributed by atoms with Gasteiger partial charge in [-0.1, -0.05) is 51.1 Å². The van der Waals surface area contributed by atoms with Crippen LogP contribution < -0.4 is 5.32 Å². The molecule has 0 aliphatic rings. The molecule has 2 rings (SSSR count). The van der Waals surface area contributed by atoms with Crippen LogP contribution in [0.25, 0.3) is 0 Å². The second kappa shape index (κ2) is 6.29. The number of hydrogen-bond donors (Lipinski definition) is 1. The first kappa shape index (κ1) is 16.2. The molecule has 3 heteroatoms. The standard InChI is InChI=1S/C18H26N2S/c1-12(15-10-8-7-9-11-15)19-13(2)16-14(3)20-17(21-16)18(4,5)6/h7-13,19H,1-6H3. The number of hydrogen-bond acceptors (Lipinski definition) is 3. The highest BCUT2D eigenvalue weighted by atomic mass is 32.1. The van der Waals surface area contributed by atoms with Crippen LogP contribution in [0.2, 0.25) is 0 Å². The Morgan fingerprint density at radius 2 is 1.67 bits per heavy atom. The van der Waals surface area contributed by atoms with Crippen LogP contribution in [0.1, 0.15) is 67.8 Å². The van der Waals surface area contributed by atoms with Crippen LogP contribution in [0, 0.1) is 6.92 Å². The molecule has 2 nitrogen and oxygen atoms in total. The van der Waals surface area contributed by atoms with Gasteiger partial charge in [0.25, 0.3) is 0 Å². The van der Waals surface area contributed by atoms with Crippen molar-refractivity contribution in [2.75, 3.05) is 0 Å². The zero-order valence-electron chi connectivity index (χ0n) is 13.9. The highest BCUT2D eigenvalue weighted by molar-refractivity contribution is 7.12. The molecule has 1 aromatic carbocycles. The van der Waals surface area contributed by atoms with E-state index in [1.54, 1.807) is 0 Å². The molecule has 1 N–H and O–H groups in total. The van der Waals surface area contributed by atoms with E-state index in [-0.39, 0.29) is 5.41 Å². The van der Waals surface area contributed by atoms with E-state index in [2.05, 4.69) is 77.2 Å². The molecule has 0 aliphatic heterocycles. The van der Waals surface area contributed by atoms with Crippen molar-refractivity contribution >= 4 is 11.3 Å². The molecule has 21 heavy (non-hydrogen) atoms. The zero-order chi connectivity index (χ0) is 15.6.